The molecule has 1 atom stereocenters. The summed E-state index contributed by atoms with van der Waals surface area (Å²) in [5.41, 5.74) is 7.45. The Kier molecular flexibility index (Phi) is 2.88. The zero-order valence-corrected chi connectivity index (χ0v) is 10.0. The molecule has 0 saturated heterocycles. The number of aromatic nitrogens is 1. The number of hydrogen-bond acceptors (Lipinski definition) is 3. The third kappa shape index (κ3) is 2.16. The van der Waals surface area contributed by atoms with Crippen molar-refractivity contribution >= 4 is 0 Å². The van der Waals surface area contributed by atoms with E-state index in [1.807, 2.05) is 6.07 Å². The molecule has 0 fully saturated rings. The molecular weight excluding hydrogens is 231 g/mol. The summed E-state index contributed by atoms with van der Waals surface area (Å²) >= 11 is 0. The van der Waals surface area contributed by atoms with Crippen LogP contribution in [0.2, 0.25) is 0 Å². The van der Waals surface area contributed by atoms with Gasteiger partial charge in [0.25, 0.3) is 0 Å². The van der Waals surface area contributed by atoms with Crippen LogP contribution in [0.5, 0.6) is 0 Å². The molecule has 1 unspecified atom stereocenters. The SMILES string of the molecule is NC1CCc2oc(Cc3ccccc3F)nc2C1. The van der Waals surface area contributed by atoms with E-state index in [4.69, 9.17) is 10.2 Å². The third-order valence-electron chi connectivity index (χ3n) is 3.32. The van der Waals surface area contributed by atoms with E-state index in [0.29, 0.717) is 17.9 Å². The molecule has 0 aliphatic heterocycles. The number of rotatable bonds is 2. The lowest BCUT2D eigenvalue weighted by molar-refractivity contribution is 0.431. The highest BCUT2D eigenvalue weighted by Gasteiger charge is 2.21. The summed E-state index contributed by atoms with van der Waals surface area (Å²) in [4.78, 5) is 4.42. The summed E-state index contributed by atoms with van der Waals surface area (Å²) < 4.78 is 19.2. The number of hydrogen-bond donors (Lipinski definition) is 1. The van der Waals surface area contributed by atoms with Crippen molar-refractivity contribution in [3.63, 3.8) is 0 Å². The predicted molar refractivity (Wildman–Crippen MR) is 65.7 cm³/mol. The normalized spacial score (nSPS) is 18.7. The standard InChI is InChI=1S/C14H15FN2O/c15-11-4-2-1-3-9(11)7-14-17-12-8-10(16)5-6-13(12)18-14/h1-4,10H,5-8,16H2. The van der Waals surface area contributed by atoms with Crippen LogP contribution in [0.25, 0.3) is 0 Å². The van der Waals surface area contributed by atoms with E-state index >= 15 is 0 Å². The quantitative estimate of drug-likeness (QED) is 0.884. The van der Waals surface area contributed by atoms with Gasteiger partial charge in [-0.25, -0.2) is 9.37 Å². The van der Waals surface area contributed by atoms with Gasteiger partial charge < -0.3 is 10.2 Å². The molecule has 3 nitrogen and oxygen atoms in total. The van der Waals surface area contributed by atoms with Gasteiger partial charge in [0.15, 0.2) is 5.89 Å². The predicted octanol–water partition coefficient (Wildman–Crippen LogP) is 2.22. The van der Waals surface area contributed by atoms with Crippen molar-refractivity contribution in [2.75, 3.05) is 0 Å². The first-order valence-electron chi connectivity index (χ1n) is 6.19. The van der Waals surface area contributed by atoms with Crippen molar-refractivity contribution in [2.24, 2.45) is 5.73 Å². The smallest absolute Gasteiger partial charge is 0.199 e. The van der Waals surface area contributed by atoms with Gasteiger partial charge in [-0.2, -0.15) is 0 Å². The van der Waals surface area contributed by atoms with E-state index in [0.717, 1.165) is 30.7 Å². The maximum atomic E-state index is 13.5. The molecule has 0 bridgehead atoms. The van der Waals surface area contributed by atoms with E-state index in [2.05, 4.69) is 4.98 Å². The largest absolute Gasteiger partial charge is 0.445 e. The number of halogens is 1. The van der Waals surface area contributed by atoms with Crippen LogP contribution >= 0.6 is 0 Å². The van der Waals surface area contributed by atoms with Crippen molar-refractivity contribution < 1.29 is 8.81 Å². The molecule has 18 heavy (non-hydrogen) atoms. The van der Waals surface area contributed by atoms with Crippen molar-refractivity contribution in [1.82, 2.24) is 4.98 Å². The van der Waals surface area contributed by atoms with E-state index in [9.17, 15) is 4.39 Å². The Balaban J connectivity index is 1.84. The van der Waals surface area contributed by atoms with Gasteiger partial charge in [0.05, 0.1) is 12.1 Å². The number of nitrogens with zero attached hydrogens (tertiary/aromatic N) is 1. The summed E-state index contributed by atoms with van der Waals surface area (Å²) in [5.74, 6) is 1.28. The molecule has 0 spiro atoms. The van der Waals surface area contributed by atoms with Gasteiger partial charge in [-0.3, -0.25) is 0 Å². The molecule has 3 rings (SSSR count). The van der Waals surface area contributed by atoms with Gasteiger partial charge in [-0.1, -0.05) is 18.2 Å². The monoisotopic (exact) mass is 246 g/mol. The first-order valence-corrected chi connectivity index (χ1v) is 6.19. The lowest BCUT2D eigenvalue weighted by atomic mass is 9.98. The Morgan fingerprint density at radius 1 is 1.39 bits per heavy atom. The summed E-state index contributed by atoms with van der Waals surface area (Å²) in [7, 11) is 0. The fraction of sp³-hybridized carbons (Fsp3) is 0.357. The zero-order valence-electron chi connectivity index (χ0n) is 10.0. The Morgan fingerprint density at radius 2 is 2.22 bits per heavy atom. The number of aryl methyl sites for hydroxylation is 1. The van der Waals surface area contributed by atoms with Crippen LogP contribution in [0.4, 0.5) is 4.39 Å². The van der Waals surface area contributed by atoms with Gasteiger partial charge >= 0.3 is 0 Å². The van der Waals surface area contributed by atoms with Crippen LogP contribution in [-0.4, -0.2) is 11.0 Å². The van der Waals surface area contributed by atoms with Gasteiger partial charge in [0.2, 0.25) is 0 Å². The van der Waals surface area contributed by atoms with Crippen LogP contribution in [0.15, 0.2) is 28.7 Å². The molecule has 94 valence electrons. The molecular formula is C14H15FN2O. The van der Waals surface area contributed by atoms with E-state index in [1.165, 1.54) is 6.07 Å². The van der Waals surface area contributed by atoms with E-state index in [1.54, 1.807) is 12.1 Å². The highest BCUT2D eigenvalue weighted by Crippen LogP contribution is 2.23. The van der Waals surface area contributed by atoms with Crippen LogP contribution in [0.1, 0.15) is 29.3 Å². The van der Waals surface area contributed by atoms with Gasteiger partial charge in [-0.05, 0) is 18.1 Å². The van der Waals surface area contributed by atoms with Crippen molar-refractivity contribution in [3.05, 3.63) is 53.0 Å². The lowest BCUT2D eigenvalue weighted by Crippen LogP contribution is -2.27. The summed E-state index contributed by atoms with van der Waals surface area (Å²) in [6, 6.07) is 6.87. The lowest BCUT2D eigenvalue weighted by Gasteiger charge is -2.14. The van der Waals surface area contributed by atoms with Gasteiger partial charge in [0.1, 0.15) is 11.6 Å². The number of nitrogens with two attached hydrogens (primary N) is 1. The maximum absolute atomic E-state index is 13.5. The third-order valence-corrected chi connectivity index (χ3v) is 3.32. The van der Waals surface area contributed by atoms with Crippen LogP contribution in [0.3, 0.4) is 0 Å². The Labute approximate surface area is 105 Å². The van der Waals surface area contributed by atoms with Crippen molar-refractivity contribution in [3.8, 4) is 0 Å². The summed E-state index contributed by atoms with van der Waals surface area (Å²) in [6.45, 7) is 0. The second-order valence-corrected chi connectivity index (χ2v) is 4.75. The molecule has 2 aromatic rings. The second-order valence-electron chi connectivity index (χ2n) is 4.75. The summed E-state index contributed by atoms with van der Waals surface area (Å²) in [5, 5.41) is 0. The van der Waals surface area contributed by atoms with Crippen molar-refractivity contribution in [2.45, 2.75) is 31.7 Å². The number of oxazole rings is 1. The number of benzene rings is 1. The first-order chi connectivity index (χ1) is 8.72. The van der Waals surface area contributed by atoms with Crippen molar-refractivity contribution in [1.29, 1.82) is 0 Å². The second kappa shape index (κ2) is 4.53. The molecule has 1 aliphatic rings. The summed E-state index contributed by atoms with van der Waals surface area (Å²) in [6.07, 6.45) is 2.92. The first kappa shape index (κ1) is 11.4. The maximum Gasteiger partial charge on any atom is 0.199 e. The molecule has 0 radical (unpaired) electrons. The topological polar surface area (TPSA) is 52.0 Å². The van der Waals surface area contributed by atoms with Crippen LogP contribution in [-0.2, 0) is 19.3 Å². The molecule has 1 aromatic heterocycles. The molecule has 0 amide bonds. The minimum atomic E-state index is -0.217. The zero-order chi connectivity index (χ0) is 12.5. The Bertz CT molecular complexity index is 565. The van der Waals surface area contributed by atoms with Gasteiger partial charge in [-0.15, -0.1) is 0 Å². The molecule has 2 N–H and O–H groups in total. The number of fused-ring (bicyclic) bond motifs is 1. The highest BCUT2D eigenvalue weighted by molar-refractivity contribution is 5.22. The Hall–Kier alpha value is -1.68. The molecule has 1 aliphatic carbocycles. The fourth-order valence-corrected chi connectivity index (χ4v) is 2.34. The molecule has 4 heteroatoms. The van der Waals surface area contributed by atoms with Gasteiger partial charge in [0, 0.05) is 18.9 Å². The minimum absolute atomic E-state index is 0.170. The fourth-order valence-electron chi connectivity index (χ4n) is 2.34. The highest BCUT2D eigenvalue weighted by atomic mass is 19.1. The average molecular weight is 246 g/mol. The van der Waals surface area contributed by atoms with E-state index in [-0.39, 0.29) is 11.9 Å². The van der Waals surface area contributed by atoms with Crippen LogP contribution < -0.4 is 5.73 Å². The minimum Gasteiger partial charge on any atom is -0.445 e. The molecule has 0 saturated carbocycles. The molecule has 1 heterocycles. The Morgan fingerprint density at radius 3 is 3.06 bits per heavy atom. The van der Waals surface area contributed by atoms with E-state index < -0.39 is 0 Å². The average Bonchev–Trinajstić information content (AvgIpc) is 2.73. The molecule has 1 aromatic carbocycles. The van der Waals surface area contributed by atoms with Crippen LogP contribution in [0, 0.1) is 5.82 Å².